The highest BCUT2D eigenvalue weighted by Gasteiger charge is 2.49. The number of thiazole rings is 1. The number of fused-ring (bicyclic) bond motifs is 1. The second-order valence-corrected chi connectivity index (χ2v) is 6.80. The van der Waals surface area contributed by atoms with Gasteiger partial charge in [-0.15, -0.1) is 11.3 Å². The van der Waals surface area contributed by atoms with E-state index in [0.29, 0.717) is 43.1 Å². The number of benzene rings is 1. The fourth-order valence-electron chi connectivity index (χ4n) is 3.31. The molecule has 2 amide bonds. The minimum Gasteiger partial charge on any atom is -0.338 e. The van der Waals surface area contributed by atoms with E-state index in [1.54, 1.807) is 22.5 Å². The summed E-state index contributed by atoms with van der Waals surface area (Å²) in [5.41, 5.74) is 3.01. The molecule has 1 aromatic carbocycles. The van der Waals surface area contributed by atoms with Gasteiger partial charge < -0.3 is 10.2 Å². The maximum atomic E-state index is 12.8. The Balaban J connectivity index is 1.62. The van der Waals surface area contributed by atoms with Gasteiger partial charge in [0.15, 0.2) is 0 Å². The minimum absolute atomic E-state index is 0.0334. The summed E-state index contributed by atoms with van der Waals surface area (Å²) in [6.07, 6.45) is 1.24. The molecule has 22 heavy (non-hydrogen) atoms. The van der Waals surface area contributed by atoms with Crippen molar-refractivity contribution in [2.75, 3.05) is 13.1 Å². The van der Waals surface area contributed by atoms with Crippen molar-refractivity contribution in [3.8, 4) is 0 Å². The first-order valence-electron chi connectivity index (χ1n) is 7.61. The molecule has 0 radical (unpaired) electrons. The van der Waals surface area contributed by atoms with Gasteiger partial charge in [-0.1, -0.05) is 6.58 Å². The standard InChI is InChI=1S/C16H15N3O2S/c1-10-7-16(15(21)18-10)4-5-19(8-16)14(20)11-2-3-13-12(6-11)17-9-22-13/h2-3,6,9H,1,4-5,7-8H2,(H,18,21)/i3T. The monoisotopic (exact) mass is 315 g/mol. The van der Waals surface area contributed by atoms with Crippen LogP contribution in [0.4, 0.5) is 0 Å². The number of carbonyl (C=O) groups excluding carboxylic acids is 2. The number of likely N-dealkylation sites (tertiary alicyclic amines) is 1. The van der Waals surface area contributed by atoms with Crippen molar-refractivity contribution in [3.05, 3.63) is 41.5 Å². The summed E-state index contributed by atoms with van der Waals surface area (Å²) in [4.78, 5) is 30.8. The summed E-state index contributed by atoms with van der Waals surface area (Å²) in [7, 11) is 0. The molecule has 2 saturated heterocycles. The Labute approximate surface area is 133 Å². The van der Waals surface area contributed by atoms with Gasteiger partial charge in [-0.2, -0.15) is 0 Å². The zero-order valence-electron chi connectivity index (χ0n) is 12.9. The van der Waals surface area contributed by atoms with Gasteiger partial charge in [0.1, 0.15) is 0 Å². The fraction of sp³-hybridized carbons (Fsp3) is 0.312. The van der Waals surface area contributed by atoms with Crippen molar-refractivity contribution in [2.45, 2.75) is 12.8 Å². The third kappa shape index (κ3) is 1.94. The van der Waals surface area contributed by atoms with Crippen LogP contribution >= 0.6 is 11.3 Å². The molecule has 1 atom stereocenters. The summed E-state index contributed by atoms with van der Waals surface area (Å²) in [5.74, 6) is -0.176. The number of nitrogens with one attached hydrogen (secondary N) is 1. The van der Waals surface area contributed by atoms with Crippen molar-refractivity contribution in [1.29, 1.82) is 0 Å². The van der Waals surface area contributed by atoms with E-state index < -0.39 is 5.41 Å². The number of rotatable bonds is 1. The lowest BCUT2D eigenvalue weighted by Crippen LogP contribution is -2.36. The maximum Gasteiger partial charge on any atom is 0.253 e. The van der Waals surface area contributed by atoms with Crippen molar-refractivity contribution in [3.63, 3.8) is 0 Å². The molecule has 2 aliphatic rings. The zero-order chi connectivity index (χ0) is 16.2. The van der Waals surface area contributed by atoms with E-state index >= 15 is 0 Å². The van der Waals surface area contributed by atoms with Crippen molar-refractivity contribution in [2.24, 2.45) is 5.41 Å². The van der Waals surface area contributed by atoms with E-state index in [1.165, 1.54) is 11.3 Å². The van der Waals surface area contributed by atoms with E-state index in [2.05, 4.69) is 16.9 Å². The lowest BCUT2D eigenvalue weighted by Gasteiger charge is -2.20. The van der Waals surface area contributed by atoms with Gasteiger partial charge in [-0.05, 0) is 24.6 Å². The molecular weight excluding hydrogens is 298 g/mol. The van der Waals surface area contributed by atoms with Gasteiger partial charge in [0.25, 0.3) is 5.91 Å². The van der Waals surface area contributed by atoms with E-state index in [-0.39, 0.29) is 11.8 Å². The second kappa shape index (κ2) is 4.64. The van der Waals surface area contributed by atoms with Crippen LogP contribution < -0.4 is 5.32 Å². The molecule has 0 aliphatic carbocycles. The zero-order valence-corrected chi connectivity index (χ0v) is 12.7. The van der Waals surface area contributed by atoms with Crippen LogP contribution in [-0.2, 0) is 4.79 Å². The van der Waals surface area contributed by atoms with Crippen LogP contribution in [0.3, 0.4) is 0 Å². The minimum atomic E-state index is -0.527. The molecule has 3 heterocycles. The first kappa shape index (κ1) is 12.3. The molecule has 112 valence electrons. The smallest absolute Gasteiger partial charge is 0.253 e. The van der Waals surface area contributed by atoms with Crippen LogP contribution in [0.1, 0.15) is 24.6 Å². The van der Waals surface area contributed by atoms with Crippen LogP contribution in [0, 0.1) is 5.41 Å². The van der Waals surface area contributed by atoms with E-state index in [1.807, 2.05) is 0 Å². The van der Waals surface area contributed by atoms with Crippen LogP contribution in [0.5, 0.6) is 0 Å². The van der Waals surface area contributed by atoms with Crippen molar-refractivity contribution >= 4 is 33.4 Å². The molecule has 2 aromatic rings. The number of hydrogen-bond donors (Lipinski definition) is 1. The molecule has 0 bridgehead atoms. The lowest BCUT2D eigenvalue weighted by molar-refractivity contribution is -0.126. The van der Waals surface area contributed by atoms with Crippen LogP contribution in [0.15, 0.2) is 36.0 Å². The lowest BCUT2D eigenvalue weighted by atomic mass is 9.85. The largest absolute Gasteiger partial charge is 0.338 e. The van der Waals surface area contributed by atoms with Crippen LogP contribution in [0.2, 0.25) is 0 Å². The van der Waals surface area contributed by atoms with Gasteiger partial charge in [0.05, 0.1) is 22.5 Å². The van der Waals surface area contributed by atoms with Gasteiger partial charge >= 0.3 is 0 Å². The highest BCUT2D eigenvalue weighted by molar-refractivity contribution is 7.16. The Bertz CT molecular complexity index is 862. The van der Waals surface area contributed by atoms with Crippen molar-refractivity contribution < 1.29 is 11.0 Å². The predicted molar refractivity (Wildman–Crippen MR) is 84.5 cm³/mol. The Morgan fingerprint density at radius 2 is 2.45 bits per heavy atom. The number of allylic oxidation sites excluding steroid dienone is 1. The average Bonchev–Trinajstić information content (AvgIpc) is 3.19. The highest BCUT2D eigenvalue weighted by Crippen LogP contribution is 2.40. The molecule has 5 nitrogen and oxygen atoms in total. The van der Waals surface area contributed by atoms with Gasteiger partial charge in [-0.25, -0.2) is 4.98 Å². The molecule has 1 spiro atoms. The Kier molecular flexibility index (Phi) is 2.61. The topological polar surface area (TPSA) is 62.3 Å². The molecular formula is C16H15N3O2S. The van der Waals surface area contributed by atoms with Crippen molar-refractivity contribution in [1.82, 2.24) is 15.2 Å². The maximum absolute atomic E-state index is 12.8. The van der Waals surface area contributed by atoms with Gasteiger partial charge in [0.2, 0.25) is 5.91 Å². The quantitative estimate of drug-likeness (QED) is 0.877. The molecule has 2 fully saturated rings. The Hall–Kier alpha value is -2.21. The SMILES string of the molecule is [3H]c1cc(C(=O)N2CCC3(CC(=C)NC3=O)C2)cc2ncsc12. The predicted octanol–water partition coefficient (Wildman–Crippen LogP) is 2.16. The summed E-state index contributed by atoms with van der Waals surface area (Å²) in [6.45, 7) is 4.77. The summed E-state index contributed by atoms with van der Waals surface area (Å²) in [5, 5.41) is 2.77. The number of nitrogens with zero attached hydrogens (tertiary/aromatic N) is 2. The van der Waals surface area contributed by atoms with Gasteiger partial charge in [0, 0.05) is 30.8 Å². The molecule has 6 heteroatoms. The van der Waals surface area contributed by atoms with E-state index in [9.17, 15) is 9.59 Å². The summed E-state index contributed by atoms with van der Waals surface area (Å²) < 4.78 is 8.81. The molecule has 0 saturated carbocycles. The Morgan fingerprint density at radius 1 is 1.59 bits per heavy atom. The van der Waals surface area contributed by atoms with E-state index in [0.717, 1.165) is 10.4 Å². The number of amides is 2. The molecule has 1 unspecified atom stereocenters. The normalized spacial score (nSPS) is 25.1. The average molecular weight is 315 g/mol. The van der Waals surface area contributed by atoms with E-state index in [4.69, 9.17) is 1.37 Å². The summed E-state index contributed by atoms with van der Waals surface area (Å²) >= 11 is 1.40. The summed E-state index contributed by atoms with van der Waals surface area (Å²) in [6, 6.07) is 3.63. The number of hydrogen-bond acceptors (Lipinski definition) is 4. The highest BCUT2D eigenvalue weighted by atomic mass is 32.1. The fourth-order valence-corrected chi connectivity index (χ4v) is 3.94. The second-order valence-electron chi connectivity index (χ2n) is 5.95. The first-order valence-corrected chi connectivity index (χ1v) is 7.99. The number of aromatic nitrogens is 1. The Morgan fingerprint density at radius 3 is 3.23 bits per heavy atom. The third-order valence-electron chi connectivity index (χ3n) is 4.46. The van der Waals surface area contributed by atoms with Crippen LogP contribution in [0.25, 0.3) is 10.2 Å². The molecule has 4 rings (SSSR count). The number of carbonyl (C=O) groups is 2. The molecule has 1 N–H and O–H groups in total. The molecule has 1 aromatic heterocycles. The van der Waals surface area contributed by atoms with Gasteiger partial charge in [-0.3, -0.25) is 9.59 Å². The third-order valence-corrected chi connectivity index (χ3v) is 5.23. The van der Waals surface area contributed by atoms with Crippen LogP contribution in [-0.4, -0.2) is 34.8 Å². The first-order chi connectivity index (χ1) is 11.0. The molecule has 2 aliphatic heterocycles.